The van der Waals surface area contributed by atoms with E-state index in [-0.39, 0.29) is 0 Å². The second kappa shape index (κ2) is 5.31. The molecule has 0 aromatic carbocycles. The molecule has 2 heteroatoms. The average molecular weight is 210 g/mol. The first-order valence-electron chi connectivity index (χ1n) is 6.74. The topological polar surface area (TPSA) is 15.3 Å². The fourth-order valence-electron chi connectivity index (χ4n) is 3.11. The fraction of sp³-hybridized carbons (Fsp3) is 1.00. The zero-order valence-corrected chi connectivity index (χ0v) is 10.3. The van der Waals surface area contributed by atoms with Crippen molar-refractivity contribution >= 4 is 0 Å². The number of rotatable bonds is 4. The number of likely N-dealkylation sites (N-methyl/N-ethyl adjacent to an activating group) is 1. The van der Waals surface area contributed by atoms with Crippen LogP contribution in [0.1, 0.15) is 45.4 Å². The van der Waals surface area contributed by atoms with E-state index < -0.39 is 0 Å². The number of hydrogen-bond donors (Lipinski definition) is 1. The van der Waals surface area contributed by atoms with Gasteiger partial charge >= 0.3 is 0 Å². The van der Waals surface area contributed by atoms with E-state index in [9.17, 15) is 0 Å². The predicted octanol–water partition coefficient (Wildman–Crippen LogP) is 2.25. The highest BCUT2D eigenvalue weighted by Gasteiger charge is 2.30. The zero-order valence-electron chi connectivity index (χ0n) is 10.3. The molecule has 2 fully saturated rings. The van der Waals surface area contributed by atoms with Gasteiger partial charge in [0.25, 0.3) is 0 Å². The fourth-order valence-corrected chi connectivity index (χ4v) is 3.11. The van der Waals surface area contributed by atoms with Gasteiger partial charge in [-0.05, 0) is 38.6 Å². The Labute approximate surface area is 94.4 Å². The molecule has 0 amide bonds. The SMILES string of the molecule is CCCC1CCC(N(C)C2CNC2)CC1. The van der Waals surface area contributed by atoms with Gasteiger partial charge in [0, 0.05) is 25.2 Å². The maximum Gasteiger partial charge on any atom is 0.0345 e. The highest BCUT2D eigenvalue weighted by atomic mass is 15.2. The van der Waals surface area contributed by atoms with E-state index in [1.165, 1.54) is 51.6 Å². The first-order chi connectivity index (χ1) is 7.31. The quantitative estimate of drug-likeness (QED) is 0.765. The summed E-state index contributed by atoms with van der Waals surface area (Å²) in [6, 6.07) is 1.71. The highest BCUT2D eigenvalue weighted by Crippen LogP contribution is 2.30. The zero-order chi connectivity index (χ0) is 10.7. The Morgan fingerprint density at radius 1 is 1.07 bits per heavy atom. The van der Waals surface area contributed by atoms with Crippen molar-refractivity contribution in [2.24, 2.45) is 5.92 Å². The van der Waals surface area contributed by atoms with Crippen LogP contribution >= 0.6 is 0 Å². The van der Waals surface area contributed by atoms with E-state index in [4.69, 9.17) is 0 Å². The summed E-state index contributed by atoms with van der Waals surface area (Å²) in [4.78, 5) is 2.64. The van der Waals surface area contributed by atoms with Gasteiger partial charge in [-0.1, -0.05) is 19.8 Å². The third-order valence-corrected chi connectivity index (χ3v) is 4.43. The Bertz CT molecular complexity index is 181. The van der Waals surface area contributed by atoms with Crippen molar-refractivity contribution in [3.63, 3.8) is 0 Å². The van der Waals surface area contributed by atoms with Crippen LogP contribution in [0.15, 0.2) is 0 Å². The third-order valence-electron chi connectivity index (χ3n) is 4.43. The Kier molecular flexibility index (Phi) is 4.04. The second-order valence-corrected chi connectivity index (χ2v) is 5.44. The van der Waals surface area contributed by atoms with Crippen molar-refractivity contribution in [3.8, 4) is 0 Å². The van der Waals surface area contributed by atoms with Gasteiger partial charge in [-0.15, -0.1) is 0 Å². The Hall–Kier alpha value is -0.0800. The molecule has 15 heavy (non-hydrogen) atoms. The Balaban J connectivity index is 1.72. The van der Waals surface area contributed by atoms with Gasteiger partial charge in [0.1, 0.15) is 0 Å². The van der Waals surface area contributed by atoms with Gasteiger partial charge in [0.2, 0.25) is 0 Å². The van der Waals surface area contributed by atoms with Crippen molar-refractivity contribution in [3.05, 3.63) is 0 Å². The molecule has 0 aromatic rings. The normalized spacial score (nSPS) is 33.0. The Morgan fingerprint density at radius 3 is 2.20 bits per heavy atom. The van der Waals surface area contributed by atoms with Gasteiger partial charge in [-0.3, -0.25) is 4.90 Å². The van der Waals surface area contributed by atoms with E-state index in [1.54, 1.807) is 0 Å². The Morgan fingerprint density at radius 2 is 1.73 bits per heavy atom. The molecule has 0 spiro atoms. The van der Waals surface area contributed by atoms with Gasteiger partial charge in [0.15, 0.2) is 0 Å². The number of nitrogens with one attached hydrogen (secondary N) is 1. The molecule has 1 aliphatic carbocycles. The minimum atomic E-state index is 0.831. The molecule has 1 heterocycles. The van der Waals surface area contributed by atoms with E-state index in [2.05, 4.69) is 24.2 Å². The number of nitrogens with zero attached hydrogens (tertiary/aromatic N) is 1. The second-order valence-electron chi connectivity index (χ2n) is 5.44. The van der Waals surface area contributed by atoms with Crippen molar-refractivity contribution in [2.45, 2.75) is 57.5 Å². The maximum absolute atomic E-state index is 3.37. The molecule has 1 aliphatic heterocycles. The van der Waals surface area contributed by atoms with Crippen LogP contribution in [0, 0.1) is 5.92 Å². The first-order valence-corrected chi connectivity index (χ1v) is 6.74. The van der Waals surface area contributed by atoms with Crippen LogP contribution in [0.3, 0.4) is 0 Å². The number of hydrogen-bond acceptors (Lipinski definition) is 2. The molecule has 0 aromatic heterocycles. The lowest BCUT2D eigenvalue weighted by Crippen LogP contribution is -2.58. The molecule has 2 nitrogen and oxygen atoms in total. The van der Waals surface area contributed by atoms with Crippen molar-refractivity contribution in [1.82, 2.24) is 10.2 Å². The summed E-state index contributed by atoms with van der Waals surface area (Å²) in [7, 11) is 2.33. The van der Waals surface area contributed by atoms with Crippen molar-refractivity contribution < 1.29 is 0 Å². The van der Waals surface area contributed by atoms with Crippen LogP contribution in [0.25, 0.3) is 0 Å². The molecule has 1 N–H and O–H groups in total. The summed E-state index contributed by atoms with van der Waals surface area (Å²) in [5.74, 6) is 1.04. The van der Waals surface area contributed by atoms with Crippen LogP contribution in [0.5, 0.6) is 0 Å². The molecule has 0 unspecified atom stereocenters. The van der Waals surface area contributed by atoms with Gasteiger partial charge in [-0.25, -0.2) is 0 Å². The largest absolute Gasteiger partial charge is 0.314 e. The lowest BCUT2D eigenvalue weighted by molar-refractivity contribution is 0.0890. The standard InChI is InChI=1S/C13H26N2/c1-3-4-11-5-7-12(8-6-11)15(2)13-9-14-10-13/h11-14H,3-10H2,1-2H3. The molecular weight excluding hydrogens is 184 g/mol. The monoisotopic (exact) mass is 210 g/mol. The van der Waals surface area contributed by atoms with Crippen LogP contribution in [0.2, 0.25) is 0 Å². The maximum atomic E-state index is 3.37. The van der Waals surface area contributed by atoms with Gasteiger partial charge in [-0.2, -0.15) is 0 Å². The summed E-state index contributed by atoms with van der Waals surface area (Å²) >= 11 is 0. The lowest BCUT2D eigenvalue weighted by Gasteiger charge is -2.43. The van der Waals surface area contributed by atoms with Crippen LogP contribution in [-0.4, -0.2) is 37.1 Å². The first kappa shape index (κ1) is 11.4. The van der Waals surface area contributed by atoms with E-state index in [0.29, 0.717) is 0 Å². The predicted molar refractivity (Wildman–Crippen MR) is 65.1 cm³/mol. The molecule has 1 saturated heterocycles. The smallest absolute Gasteiger partial charge is 0.0345 e. The van der Waals surface area contributed by atoms with E-state index in [1.807, 2.05) is 0 Å². The summed E-state index contributed by atoms with van der Waals surface area (Å²) in [6.07, 6.45) is 8.67. The van der Waals surface area contributed by atoms with Crippen molar-refractivity contribution in [2.75, 3.05) is 20.1 Å². The summed E-state index contributed by atoms with van der Waals surface area (Å²) in [5, 5.41) is 3.37. The van der Waals surface area contributed by atoms with Gasteiger partial charge < -0.3 is 5.32 Å². The minimum absolute atomic E-state index is 0.831. The van der Waals surface area contributed by atoms with E-state index in [0.717, 1.165) is 18.0 Å². The molecular formula is C13H26N2. The molecule has 0 bridgehead atoms. The summed E-state index contributed by atoms with van der Waals surface area (Å²) in [5.41, 5.74) is 0. The molecule has 2 rings (SSSR count). The molecule has 2 aliphatic rings. The lowest BCUT2D eigenvalue weighted by atomic mass is 9.82. The van der Waals surface area contributed by atoms with Crippen LogP contribution in [0.4, 0.5) is 0 Å². The molecule has 0 atom stereocenters. The molecule has 0 radical (unpaired) electrons. The third kappa shape index (κ3) is 2.73. The molecule has 1 saturated carbocycles. The average Bonchev–Trinajstić information content (AvgIpc) is 2.16. The van der Waals surface area contributed by atoms with Gasteiger partial charge in [0.05, 0.1) is 0 Å². The van der Waals surface area contributed by atoms with Crippen LogP contribution in [-0.2, 0) is 0 Å². The van der Waals surface area contributed by atoms with Crippen LogP contribution < -0.4 is 5.32 Å². The highest BCUT2D eigenvalue weighted by molar-refractivity contribution is 4.88. The summed E-state index contributed by atoms with van der Waals surface area (Å²) < 4.78 is 0. The van der Waals surface area contributed by atoms with E-state index >= 15 is 0 Å². The van der Waals surface area contributed by atoms with Crippen molar-refractivity contribution in [1.29, 1.82) is 0 Å². The minimum Gasteiger partial charge on any atom is -0.314 e. The molecule has 88 valence electrons. The summed E-state index contributed by atoms with van der Waals surface area (Å²) in [6.45, 7) is 4.75.